The van der Waals surface area contributed by atoms with Crippen LogP contribution in [0.3, 0.4) is 0 Å². The van der Waals surface area contributed by atoms with Gasteiger partial charge in [-0.05, 0) is 13.3 Å². The molecule has 0 saturated carbocycles. The van der Waals surface area contributed by atoms with Gasteiger partial charge in [0.1, 0.15) is 18.3 Å². The van der Waals surface area contributed by atoms with Crippen molar-refractivity contribution in [3.63, 3.8) is 0 Å². The van der Waals surface area contributed by atoms with Crippen LogP contribution in [0.15, 0.2) is 0 Å². The van der Waals surface area contributed by atoms with E-state index in [1.807, 2.05) is 6.92 Å². The van der Waals surface area contributed by atoms with Gasteiger partial charge in [0.25, 0.3) is 0 Å². The molecule has 0 bridgehead atoms. The second-order valence-corrected chi connectivity index (χ2v) is 3.64. The van der Waals surface area contributed by atoms with Gasteiger partial charge in [-0.1, -0.05) is 13.3 Å². The average Bonchev–Trinajstić information content (AvgIpc) is 2.11. The largest absolute Gasteiger partial charge is 0.388 e. The molecular weight excluding hydrogens is 172 g/mol. The maximum absolute atomic E-state index is 9.52. The first kappa shape index (κ1) is 10.9. The lowest BCUT2D eigenvalue weighted by molar-refractivity contribution is -0.218. The summed E-state index contributed by atoms with van der Waals surface area (Å²) in [6.07, 6.45) is -2.20. The minimum Gasteiger partial charge on any atom is -0.388 e. The van der Waals surface area contributed by atoms with Crippen LogP contribution in [0.1, 0.15) is 26.7 Å². The third-order valence-corrected chi connectivity index (χ3v) is 2.52. The number of aliphatic hydroxyl groups is 3. The Bertz CT molecular complexity index is 162. The van der Waals surface area contributed by atoms with E-state index in [4.69, 9.17) is 4.74 Å². The lowest BCUT2D eigenvalue weighted by atomic mass is 9.93. The Kier molecular flexibility index (Phi) is 3.67. The van der Waals surface area contributed by atoms with E-state index in [2.05, 4.69) is 0 Å². The summed E-state index contributed by atoms with van der Waals surface area (Å²) in [5.41, 5.74) is 0. The van der Waals surface area contributed by atoms with Crippen LogP contribution in [-0.4, -0.2) is 45.8 Å². The molecule has 1 fully saturated rings. The van der Waals surface area contributed by atoms with Crippen LogP contribution in [0, 0.1) is 0 Å². The molecule has 1 aliphatic rings. The highest BCUT2D eigenvalue weighted by molar-refractivity contribution is 4.90. The zero-order valence-electron chi connectivity index (χ0n) is 8.05. The maximum Gasteiger partial charge on any atom is 0.111 e. The molecule has 0 spiro atoms. The van der Waals surface area contributed by atoms with Gasteiger partial charge in [-0.3, -0.25) is 0 Å². The van der Waals surface area contributed by atoms with Gasteiger partial charge in [0.2, 0.25) is 0 Å². The summed E-state index contributed by atoms with van der Waals surface area (Å²) in [6, 6.07) is 0. The Morgan fingerprint density at radius 2 is 1.69 bits per heavy atom. The standard InChI is InChI=1S/C9H18O4/c1-3-4-6-8(11)9(12)7(10)5(2)13-6/h5-12H,3-4H2,1-2H3/t5?,6-,7+,8?,9?/m1/s1. The summed E-state index contributed by atoms with van der Waals surface area (Å²) in [7, 11) is 0. The maximum atomic E-state index is 9.52. The molecule has 4 heteroatoms. The Balaban J connectivity index is 2.59. The van der Waals surface area contributed by atoms with Crippen molar-refractivity contribution in [3.8, 4) is 0 Å². The van der Waals surface area contributed by atoms with Gasteiger partial charge in [0.05, 0.1) is 12.2 Å². The number of ether oxygens (including phenoxy) is 1. The van der Waals surface area contributed by atoms with Crippen molar-refractivity contribution in [2.45, 2.75) is 57.2 Å². The highest BCUT2D eigenvalue weighted by atomic mass is 16.5. The van der Waals surface area contributed by atoms with Gasteiger partial charge in [0.15, 0.2) is 0 Å². The van der Waals surface area contributed by atoms with E-state index in [0.29, 0.717) is 6.42 Å². The minimum absolute atomic E-state index is 0.349. The molecule has 13 heavy (non-hydrogen) atoms. The molecule has 1 aliphatic heterocycles. The fourth-order valence-electron chi connectivity index (χ4n) is 1.66. The average molecular weight is 190 g/mol. The summed E-state index contributed by atoms with van der Waals surface area (Å²) in [6.45, 7) is 3.68. The predicted octanol–water partition coefficient (Wildman–Crippen LogP) is -0.344. The van der Waals surface area contributed by atoms with Crippen molar-refractivity contribution in [2.24, 2.45) is 0 Å². The Morgan fingerprint density at radius 1 is 1.08 bits per heavy atom. The van der Waals surface area contributed by atoms with Crippen LogP contribution in [0.25, 0.3) is 0 Å². The SMILES string of the molecule is CCC[C@H]1OC(C)[C@H](O)C(O)C1O. The number of rotatable bonds is 2. The molecule has 0 aliphatic carbocycles. The first-order valence-corrected chi connectivity index (χ1v) is 4.77. The van der Waals surface area contributed by atoms with Crippen LogP contribution in [0.5, 0.6) is 0 Å². The van der Waals surface area contributed by atoms with Gasteiger partial charge in [0, 0.05) is 0 Å². The van der Waals surface area contributed by atoms with E-state index in [-0.39, 0.29) is 6.10 Å². The van der Waals surface area contributed by atoms with Crippen molar-refractivity contribution < 1.29 is 20.1 Å². The summed E-state index contributed by atoms with van der Waals surface area (Å²) < 4.78 is 5.36. The molecule has 3 unspecified atom stereocenters. The minimum atomic E-state index is -1.08. The van der Waals surface area contributed by atoms with Gasteiger partial charge < -0.3 is 20.1 Å². The second kappa shape index (κ2) is 4.37. The van der Waals surface area contributed by atoms with Crippen LogP contribution in [0.4, 0.5) is 0 Å². The van der Waals surface area contributed by atoms with Crippen molar-refractivity contribution in [1.29, 1.82) is 0 Å². The van der Waals surface area contributed by atoms with Crippen molar-refractivity contribution in [2.75, 3.05) is 0 Å². The zero-order chi connectivity index (χ0) is 10.0. The fourth-order valence-corrected chi connectivity index (χ4v) is 1.66. The molecule has 5 atom stereocenters. The lowest BCUT2D eigenvalue weighted by Gasteiger charge is -2.39. The molecule has 1 heterocycles. The van der Waals surface area contributed by atoms with Gasteiger partial charge in [-0.15, -0.1) is 0 Å². The summed E-state index contributed by atoms with van der Waals surface area (Å²) in [4.78, 5) is 0. The fraction of sp³-hybridized carbons (Fsp3) is 1.00. The summed E-state index contributed by atoms with van der Waals surface area (Å²) in [5, 5.41) is 28.3. The molecule has 0 aromatic rings. The van der Waals surface area contributed by atoms with Crippen LogP contribution in [0.2, 0.25) is 0 Å². The molecule has 3 N–H and O–H groups in total. The molecule has 78 valence electrons. The molecule has 4 nitrogen and oxygen atoms in total. The second-order valence-electron chi connectivity index (χ2n) is 3.64. The van der Waals surface area contributed by atoms with Crippen LogP contribution in [-0.2, 0) is 4.74 Å². The number of hydrogen-bond acceptors (Lipinski definition) is 4. The van der Waals surface area contributed by atoms with E-state index >= 15 is 0 Å². The van der Waals surface area contributed by atoms with E-state index in [0.717, 1.165) is 6.42 Å². The van der Waals surface area contributed by atoms with Gasteiger partial charge in [-0.25, -0.2) is 0 Å². The lowest BCUT2D eigenvalue weighted by Crippen LogP contribution is -2.56. The Labute approximate surface area is 78.1 Å². The first-order valence-electron chi connectivity index (χ1n) is 4.77. The summed E-state index contributed by atoms with van der Waals surface area (Å²) in [5.74, 6) is 0. The molecule has 1 rings (SSSR count). The van der Waals surface area contributed by atoms with Crippen molar-refractivity contribution in [3.05, 3.63) is 0 Å². The number of aliphatic hydroxyl groups excluding tert-OH is 3. The van der Waals surface area contributed by atoms with E-state index in [1.165, 1.54) is 0 Å². The van der Waals surface area contributed by atoms with Gasteiger partial charge in [-0.2, -0.15) is 0 Å². The van der Waals surface area contributed by atoms with E-state index in [1.54, 1.807) is 6.92 Å². The topological polar surface area (TPSA) is 69.9 Å². The van der Waals surface area contributed by atoms with Crippen molar-refractivity contribution in [1.82, 2.24) is 0 Å². The molecule has 0 radical (unpaired) electrons. The first-order chi connectivity index (χ1) is 6.07. The quantitative estimate of drug-likeness (QED) is 0.557. The monoisotopic (exact) mass is 190 g/mol. The van der Waals surface area contributed by atoms with Gasteiger partial charge >= 0.3 is 0 Å². The third kappa shape index (κ3) is 2.20. The smallest absolute Gasteiger partial charge is 0.111 e. The molecule has 0 amide bonds. The molecule has 0 aromatic heterocycles. The normalized spacial score (nSPS) is 46.4. The number of hydrogen-bond donors (Lipinski definition) is 3. The highest BCUT2D eigenvalue weighted by Gasteiger charge is 2.40. The predicted molar refractivity (Wildman–Crippen MR) is 47.3 cm³/mol. The summed E-state index contributed by atoms with van der Waals surface area (Å²) >= 11 is 0. The highest BCUT2D eigenvalue weighted by Crippen LogP contribution is 2.23. The molecular formula is C9H18O4. The Morgan fingerprint density at radius 3 is 2.23 bits per heavy atom. The Hall–Kier alpha value is -0.160. The molecule has 1 saturated heterocycles. The van der Waals surface area contributed by atoms with Crippen LogP contribution < -0.4 is 0 Å². The van der Waals surface area contributed by atoms with E-state index < -0.39 is 24.4 Å². The van der Waals surface area contributed by atoms with Crippen LogP contribution >= 0.6 is 0 Å². The zero-order valence-corrected chi connectivity index (χ0v) is 8.05. The third-order valence-electron chi connectivity index (χ3n) is 2.52. The van der Waals surface area contributed by atoms with E-state index in [9.17, 15) is 15.3 Å². The van der Waals surface area contributed by atoms with Crippen molar-refractivity contribution >= 4 is 0 Å². The molecule has 0 aromatic carbocycles.